The molecule has 0 aliphatic carbocycles. The Kier molecular flexibility index (Phi) is 5.81. The summed E-state index contributed by atoms with van der Waals surface area (Å²) in [6.45, 7) is 2.63. The van der Waals surface area contributed by atoms with Crippen molar-refractivity contribution in [1.82, 2.24) is 25.1 Å². The highest BCUT2D eigenvalue weighted by Crippen LogP contribution is 2.26. The van der Waals surface area contributed by atoms with Gasteiger partial charge in [0.2, 0.25) is 5.91 Å². The Balaban J connectivity index is 2.10. The summed E-state index contributed by atoms with van der Waals surface area (Å²) >= 11 is 1.06. The molecule has 2 aromatic rings. The van der Waals surface area contributed by atoms with Crippen molar-refractivity contribution in [3.05, 3.63) is 24.5 Å². The number of halogens is 3. The van der Waals surface area contributed by atoms with E-state index in [4.69, 9.17) is 0 Å². The third-order valence-electron chi connectivity index (χ3n) is 3.09. The second kappa shape index (κ2) is 7.65. The first-order valence-electron chi connectivity index (χ1n) is 7.16. The van der Waals surface area contributed by atoms with Crippen LogP contribution in [-0.4, -0.2) is 43.6 Å². The standard InChI is InChI=1S/C14H16F3N5OS/c1-3-22-11(10-4-6-18-7-5-10)20-21-13(22)24-9(2)12(23)19-8-14(15,16)17/h4-7,9H,3,8H2,1-2H3,(H,19,23)/t9-/m0/s1. The van der Waals surface area contributed by atoms with Crippen LogP contribution < -0.4 is 5.32 Å². The van der Waals surface area contributed by atoms with Gasteiger partial charge in [-0.15, -0.1) is 10.2 Å². The molecule has 130 valence electrons. The molecule has 0 saturated heterocycles. The van der Waals surface area contributed by atoms with Gasteiger partial charge in [0.25, 0.3) is 0 Å². The van der Waals surface area contributed by atoms with E-state index in [-0.39, 0.29) is 0 Å². The lowest BCUT2D eigenvalue weighted by atomic mass is 10.2. The molecule has 0 radical (unpaired) electrons. The summed E-state index contributed by atoms with van der Waals surface area (Å²) in [6.07, 6.45) is -1.17. The first kappa shape index (κ1) is 18.2. The lowest BCUT2D eigenvalue weighted by Gasteiger charge is -2.13. The number of hydrogen-bond acceptors (Lipinski definition) is 5. The molecular weight excluding hydrogens is 343 g/mol. The van der Waals surface area contributed by atoms with E-state index < -0.39 is 23.9 Å². The zero-order valence-electron chi connectivity index (χ0n) is 13.0. The van der Waals surface area contributed by atoms with Gasteiger partial charge >= 0.3 is 6.18 Å². The third kappa shape index (κ3) is 4.70. The van der Waals surface area contributed by atoms with Crippen LogP contribution in [-0.2, 0) is 11.3 Å². The van der Waals surface area contributed by atoms with Gasteiger partial charge in [0, 0.05) is 24.5 Å². The molecule has 0 aromatic carbocycles. The molecule has 0 saturated carbocycles. The van der Waals surface area contributed by atoms with Crippen LogP contribution in [0.3, 0.4) is 0 Å². The van der Waals surface area contributed by atoms with Crippen LogP contribution in [0.5, 0.6) is 0 Å². The van der Waals surface area contributed by atoms with E-state index in [1.54, 1.807) is 29.1 Å². The zero-order valence-corrected chi connectivity index (χ0v) is 13.9. The highest BCUT2D eigenvalue weighted by atomic mass is 32.2. The summed E-state index contributed by atoms with van der Waals surface area (Å²) in [4.78, 5) is 15.7. The Hall–Kier alpha value is -2.10. The predicted molar refractivity (Wildman–Crippen MR) is 83.3 cm³/mol. The Morgan fingerprint density at radius 3 is 2.58 bits per heavy atom. The van der Waals surface area contributed by atoms with Gasteiger partial charge in [-0.2, -0.15) is 13.2 Å². The average molecular weight is 359 g/mol. The molecule has 0 aliphatic rings. The number of rotatable bonds is 6. The Labute approximate surface area is 140 Å². The van der Waals surface area contributed by atoms with Crippen LogP contribution in [0.25, 0.3) is 11.4 Å². The van der Waals surface area contributed by atoms with E-state index >= 15 is 0 Å². The summed E-state index contributed by atoms with van der Waals surface area (Å²) in [5.41, 5.74) is 0.820. The van der Waals surface area contributed by atoms with Crippen molar-refractivity contribution in [3.8, 4) is 11.4 Å². The molecule has 1 N–H and O–H groups in total. The van der Waals surface area contributed by atoms with Crippen LogP contribution in [0.2, 0.25) is 0 Å². The monoisotopic (exact) mass is 359 g/mol. The number of thioether (sulfide) groups is 1. The molecule has 10 heteroatoms. The van der Waals surface area contributed by atoms with Gasteiger partial charge in [-0.1, -0.05) is 11.8 Å². The third-order valence-corrected chi connectivity index (χ3v) is 4.17. The van der Waals surface area contributed by atoms with Crippen molar-refractivity contribution in [1.29, 1.82) is 0 Å². The number of hydrogen-bond donors (Lipinski definition) is 1. The minimum atomic E-state index is -4.43. The van der Waals surface area contributed by atoms with E-state index in [0.29, 0.717) is 17.5 Å². The fourth-order valence-corrected chi connectivity index (χ4v) is 2.86. The number of amides is 1. The van der Waals surface area contributed by atoms with E-state index in [1.165, 1.54) is 6.92 Å². The Morgan fingerprint density at radius 1 is 1.33 bits per heavy atom. The number of carbonyl (C=O) groups is 1. The van der Waals surface area contributed by atoms with E-state index in [1.807, 2.05) is 12.2 Å². The van der Waals surface area contributed by atoms with Gasteiger partial charge in [0.1, 0.15) is 6.54 Å². The molecule has 0 fully saturated rings. The van der Waals surface area contributed by atoms with Crippen LogP contribution >= 0.6 is 11.8 Å². The van der Waals surface area contributed by atoms with Gasteiger partial charge in [0.15, 0.2) is 11.0 Å². The topological polar surface area (TPSA) is 72.7 Å². The quantitative estimate of drug-likeness (QED) is 0.803. The van der Waals surface area contributed by atoms with Crippen molar-refractivity contribution < 1.29 is 18.0 Å². The minimum absolute atomic E-state index is 0.471. The van der Waals surface area contributed by atoms with Crippen LogP contribution in [0, 0.1) is 0 Å². The summed E-state index contributed by atoms with van der Waals surface area (Å²) in [5, 5.41) is 9.77. The lowest BCUT2D eigenvalue weighted by molar-refractivity contribution is -0.137. The Bertz CT molecular complexity index is 689. The first-order valence-corrected chi connectivity index (χ1v) is 8.04. The van der Waals surface area contributed by atoms with Crippen LogP contribution in [0.1, 0.15) is 13.8 Å². The maximum absolute atomic E-state index is 12.2. The van der Waals surface area contributed by atoms with Crippen molar-refractivity contribution >= 4 is 17.7 Å². The average Bonchev–Trinajstić information content (AvgIpc) is 2.95. The minimum Gasteiger partial charge on any atom is -0.346 e. The predicted octanol–water partition coefficient (Wildman–Crippen LogP) is 2.52. The molecule has 24 heavy (non-hydrogen) atoms. The van der Waals surface area contributed by atoms with E-state index in [0.717, 1.165) is 17.3 Å². The number of aromatic nitrogens is 4. The summed E-state index contributed by atoms with van der Waals surface area (Å²) in [5.74, 6) is -0.0845. The zero-order chi connectivity index (χ0) is 17.7. The normalized spacial score (nSPS) is 12.9. The van der Waals surface area contributed by atoms with E-state index in [9.17, 15) is 18.0 Å². The molecule has 0 bridgehead atoms. The van der Waals surface area contributed by atoms with Crippen LogP contribution in [0.15, 0.2) is 29.7 Å². The molecule has 1 atom stereocenters. The van der Waals surface area contributed by atoms with Gasteiger partial charge in [-0.25, -0.2) is 0 Å². The van der Waals surface area contributed by atoms with Gasteiger partial charge in [0.05, 0.1) is 5.25 Å². The van der Waals surface area contributed by atoms with Gasteiger partial charge in [-0.05, 0) is 26.0 Å². The molecular formula is C14H16F3N5OS. The van der Waals surface area contributed by atoms with Crippen molar-refractivity contribution in [3.63, 3.8) is 0 Å². The van der Waals surface area contributed by atoms with Crippen molar-refractivity contribution in [2.45, 2.75) is 37.0 Å². The number of carbonyl (C=O) groups excluding carboxylic acids is 1. The number of nitrogens with one attached hydrogen (secondary N) is 1. The molecule has 2 heterocycles. The van der Waals surface area contributed by atoms with Crippen LogP contribution in [0.4, 0.5) is 13.2 Å². The van der Waals surface area contributed by atoms with Gasteiger partial charge in [-0.3, -0.25) is 9.78 Å². The fraction of sp³-hybridized carbons (Fsp3) is 0.429. The summed E-state index contributed by atoms with van der Waals surface area (Å²) in [6, 6.07) is 3.56. The summed E-state index contributed by atoms with van der Waals surface area (Å²) < 4.78 is 38.3. The fourth-order valence-electron chi connectivity index (χ4n) is 1.92. The number of nitrogens with zero attached hydrogens (tertiary/aromatic N) is 4. The Morgan fingerprint density at radius 2 is 2.00 bits per heavy atom. The molecule has 2 aromatic heterocycles. The largest absolute Gasteiger partial charge is 0.405 e. The SMILES string of the molecule is CCn1c(S[C@@H](C)C(=O)NCC(F)(F)F)nnc1-c1ccncc1. The maximum Gasteiger partial charge on any atom is 0.405 e. The highest BCUT2D eigenvalue weighted by Gasteiger charge is 2.29. The maximum atomic E-state index is 12.2. The molecule has 0 spiro atoms. The number of alkyl halides is 3. The second-order valence-electron chi connectivity index (χ2n) is 4.88. The smallest absolute Gasteiger partial charge is 0.346 e. The molecule has 0 aliphatic heterocycles. The van der Waals surface area contributed by atoms with E-state index in [2.05, 4.69) is 15.2 Å². The van der Waals surface area contributed by atoms with Crippen molar-refractivity contribution in [2.24, 2.45) is 0 Å². The number of pyridine rings is 1. The first-order chi connectivity index (χ1) is 11.3. The molecule has 2 rings (SSSR count). The highest BCUT2D eigenvalue weighted by molar-refractivity contribution is 8.00. The van der Waals surface area contributed by atoms with Crippen molar-refractivity contribution in [2.75, 3.05) is 6.54 Å². The lowest BCUT2D eigenvalue weighted by Crippen LogP contribution is -2.38. The van der Waals surface area contributed by atoms with Gasteiger partial charge < -0.3 is 9.88 Å². The molecule has 0 unspecified atom stereocenters. The molecule has 6 nitrogen and oxygen atoms in total. The summed E-state index contributed by atoms with van der Waals surface area (Å²) in [7, 11) is 0. The second-order valence-corrected chi connectivity index (χ2v) is 6.19. The molecule has 1 amide bonds.